The molecule has 7 nitrogen and oxygen atoms in total. The first-order valence-electron chi connectivity index (χ1n) is 8.79. The van der Waals surface area contributed by atoms with E-state index in [1.807, 2.05) is 0 Å². The molecule has 0 N–H and O–H groups in total. The van der Waals surface area contributed by atoms with E-state index in [0.717, 1.165) is 0 Å². The van der Waals surface area contributed by atoms with Crippen LogP contribution in [0.25, 0.3) is 0 Å². The van der Waals surface area contributed by atoms with Crippen molar-refractivity contribution in [3.8, 4) is 0 Å². The van der Waals surface area contributed by atoms with Crippen LogP contribution in [-0.4, -0.2) is 62.6 Å². The number of benzene rings is 1. The van der Waals surface area contributed by atoms with Gasteiger partial charge in [0.1, 0.15) is 18.5 Å². The fraction of sp³-hybridized carbons (Fsp3) is 0.444. The van der Waals surface area contributed by atoms with E-state index in [1.54, 1.807) is 32.9 Å². The Bertz CT molecular complexity index is 750. The van der Waals surface area contributed by atoms with Gasteiger partial charge in [-0.05, 0) is 25.0 Å². The Labute approximate surface area is 151 Å². The van der Waals surface area contributed by atoms with Gasteiger partial charge in [0.25, 0.3) is 5.91 Å². The Balaban J connectivity index is 1.50. The predicted octanol–water partition coefficient (Wildman–Crippen LogP) is 1.57. The minimum Gasteiger partial charge on any atom is -0.341 e. The number of hydrogen-bond donors (Lipinski definition) is 0. The van der Waals surface area contributed by atoms with Crippen LogP contribution >= 0.6 is 0 Å². The summed E-state index contributed by atoms with van der Waals surface area (Å²) in [4.78, 5) is 32.2. The van der Waals surface area contributed by atoms with Crippen molar-refractivity contribution in [2.24, 2.45) is 0 Å². The van der Waals surface area contributed by atoms with E-state index in [9.17, 15) is 14.0 Å². The van der Waals surface area contributed by atoms with E-state index >= 15 is 0 Å². The quantitative estimate of drug-likeness (QED) is 0.812. The smallest absolute Gasteiger partial charge is 0.256 e. The van der Waals surface area contributed by atoms with E-state index in [2.05, 4.69) is 10.1 Å². The van der Waals surface area contributed by atoms with Crippen molar-refractivity contribution in [2.45, 2.75) is 25.8 Å². The normalized spacial score (nSPS) is 15.0. The Hall–Kier alpha value is -2.77. The monoisotopic (exact) mass is 359 g/mol. The zero-order valence-corrected chi connectivity index (χ0v) is 14.6. The summed E-state index contributed by atoms with van der Waals surface area (Å²) in [5.74, 6) is -0.753. The lowest BCUT2D eigenvalue weighted by Crippen LogP contribution is -2.37. The first-order valence-corrected chi connectivity index (χ1v) is 8.79. The Morgan fingerprint density at radius 3 is 2.62 bits per heavy atom. The highest BCUT2D eigenvalue weighted by molar-refractivity contribution is 5.94. The van der Waals surface area contributed by atoms with Crippen molar-refractivity contribution in [3.05, 3.63) is 48.3 Å². The summed E-state index contributed by atoms with van der Waals surface area (Å²) in [6, 6.07) is 6.00. The van der Waals surface area contributed by atoms with Crippen LogP contribution in [0.15, 0.2) is 36.9 Å². The van der Waals surface area contributed by atoms with Gasteiger partial charge in [-0.3, -0.25) is 14.3 Å². The molecule has 1 fully saturated rings. The maximum Gasteiger partial charge on any atom is 0.256 e. The van der Waals surface area contributed by atoms with Crippen LogP contribution in [0.4, 0.5) is 4.39 Å². The van der Waals surface area contributed by atoms with Crippen LogP contribution in [-0.2, 0) is 11.3 Å². The Kier molecular flexibility index (Phi) is 5.93. The molecule has 0 radical (unpaired) electrons. The maximum atomic E-state index is 13.8. The molecule has 3 rings (SSSR count). The number of rotatable bonds is 5. The second kappa shape index (κ2) is 8.55. The zero-order valence-electron chi connectivity index (χ0n) is 14.6. The van der Waals surface area contributed by atoms with Gasteiger partial charge in [0.2, 0.25) is 5.91 Å². The molecule has 0 bridgehead atoms. The van der Waals surface area contributed by atoms with Gasteiger partial charge in [-0.15, -0.1) is 0 Å². The Morgan fingerprint density at radius 2 is 1.85 bits per heavy atom. The van der Waals surface area contributed by atoms with Gasteiger partial charge in [0.05, 0.1) is 5.56 Å². The summed E-state index contributed by atoms with van der Waals surface area (Å²) in [7, 11) is 0. The van der Waals surface area contributed by atoms with Crippen LogP contribution in [0.3, 0.4) is 0 Å². The number of carbonyl (C=O) groups excluding carboxylic acids is 2. The van der Waals surface area contributed by atoms with Crippen molar-refractivity contribution >= 4 is 11.8 Å². The van der Waals surface area contributed by atoms with E-state index < -0.39 is 5.82 Å². The molecule has 26 heavy (non-hydrogen) atoms. The molecule has 1 aromatic carbocycles. The summed E-state index contributed by atoms with van der Waals surface area (Å²) < 4.78 is 15.5. The average Bonchev–Trinajstić information content (AvgIpc) is 3.03. The number of amides is 2. The van der Waals surface area contributed by atoms with E-state index in [0.29, 0.717) is 52.0 Å². The molecule has 2 amide bonds. The van der Waals surface area contributed by atoms with E-state index in [-0.39, 0.29) is 17.4 Å². The SMILES string of the molecule is O=C(CCCn1cncn1)N1CCCN(C(=O)c2ccccc2F)CC1. The fourth-order valence-electron chi connectivity index (χ4n) is 3.07. The third-order valence-electron chi connectivity index (χ3n) is 4.48. The van der Waals surface area contributed by atoms with Gasteiger partial charge < -0.3 is 9.80 Å². The van der Waals surface area contributed by atoms with Crippen molar-refractivity contribution in [1.82, 2.24) is 24.6 Å². The van der Waals surface area contributed by atoms with E-state index in [1.165, 1.54) is 18.5 Å². The van der Waals surface area contributed by atoms with Gasteiger partial charge in [-0.2, -0.15) is 5.10 Å². The number of carbonyl (C=O) groups is 2. The van der Waals surface area contributed by atoms with Crippen LogP contribution in [0.1, 0.15) is 29.6 Å². The summed E-state index contributed by atoms with van der Waals surface area (Å²) in [6.45, 7) is 2.68. The minimum absolute atomic E-state index is 0.0744. The first-order chi connectivity index (χ1) is 12.6. The highest BCUT2D eigenvalue weighted by atomic mass is 19.1. The standard InChI is InChI=1S/C18H22FN5O2/c19-16-6-2-1-5-15(16)18(26)23-9-4-8-22(11-12-23)17(25)7-3-10-24-14-20-13-21-24/h1-2,5-6,13-14H,3-4,7-12H2. The molecule has 0 atom stereocenters. The third-order valence-corrected chi connectivity index (χ3v) is 4.48. The summed E-state index contributed by atoms with van der Waals surface area (Å²) in [5.41, 5.74) is 0.0834. The fourth-order valence-corrected chi connectivity index (χ4v) is 3.07. The van der Waals surface area contributed by atoms with Gasteiger partial charge in [-0.1, -0.05) is 12.1 Å². The van der Waals surface area contributed by atoms with Crippen LogP contribution in [0, 0.1) is 5.82 Å². The minimum atomic E-state index is -0.511. The zero-order chi connectivity index (χ0) is 18.4. The van der Waals surface area contributed by atoms with Gasteiger partial charge in [0, 0.05) is 39.1 Å². The molecule has 8 heteroatoms. The lowest BCUT2D eigenvalue weighted by atomic mass is 10.2. The second-order valence-electron chi connectivity index (χ2n) is 6.27. The molecule has 0 saturated carbocycles. The number of nitrogens with zero attached hydrogens (tertiary/aromatic N) is 5. The molecule has 1 saturated heterocycles. The third kappa shape index (κ3) is 4.44. The van der Waals surface area contributed by atoms with Crippen LogP contribution < -0.4 is 0 Å². The van der Waals surface area contributed by atoms with Crippen molar-refractivity contribution < 1.29 is 14.0 Å². The molecule has 1 aliphatic rings. The maximum absolute atomic E-state index is 13.8. The van der Waals surface area contributed by atoms with Crippen molar-refractivity contribution in [2.75, 3.05) is 26.2 Å². The molecule has 2 heterocycles. The molecular weight excluding hydrogens is 337 g/mol. The highest BCUT2D eigenvalue weighted by Gasteiger charge is 2.24. The largest absolute Gasteiger partial charge is 0.341 e. The molecule has 1 aliphatic heterocycles. The van der Waals surface area contributed by atoms with Gasteiger partial charge >= 0.3 is 0 Å². The topological polar surface area (TPSA) is 71.3 Å². The van der Waals surface area contributed by atoms with Gasteiger partial charge in [-0.25, -0.2) is 9.37 Å². The van der Waals surface area contributed by atoms with Crippen LogP contribution in [0.2, 0.25) is 0 Å². The average molecular weight is 359 g/mol. The molecule has 138 valence electrons. The lowest BCUT2D eigenvalue weighted by molar-refractivity contribution is -0.131. The van der Waals surface area contributed by atoms with E-state index in [4.69, 9.17) is 0 Å². The number of halogens is 1. The number of aromatic nitrogens is 3. The van der Waals surface area contributed by atoms with Gasteiger partial charge in [0.15, 0.2) is 0 Å². The van der Waals surface area contributed by atoms with Crippen molar-refractivity contribution in [1.29, 1.82) is 0 Å². The first kappa shape index (κ1) is 18.0. The second-order valence-corrected chi connectivity index (χ2v) is 6.27. The lowest BCUT2D eigenvalue weighted by Gasteiger charge is -2.22. The molecular formula is C18H22FN5O2. The van der Waals surface area contributed by atoms with Crippen LogP contribution in [0.5, 0.6) is 0 Å². The molecule has 0 unspecified atom stereocenters. The Morgan fingerprint density at radius 1 is 1.08 bits per heavy atom. The van der Waals surface area contributed by atoms with Crippen molar-refractivity contribution in [3.63, 3.8) is 0 Å². The number of aryl methyl sites for hydroxylation is 1. The molecule has 2 aromatic rings. The molecule has 1 aromatic heterocycles. The molecule has 0 spiro atoms. The number of hydrogen-bond acceptors (Lipinski definition) is 4. The highest BCUT2D eigenvalue weighted by Crippen LogP contribution is 2.13. The summed E-state index contributed by atoms with van der Waals surface area (Å²) in [5, 5.41) is 4.01. The molecule has 0 aliphatic carbocycles. The summed E-state index contributed by atoms with van der Waals surface area (Å²) >= 11 is 0. The predicted molar refractivity (Wildman–Crippen MR) is 92.8 cm³/mol. The summed E-state index contributed by atoms with van der Waals surface area (Å²) in [6.07, 6.45) is 4.91.